The molecule has 8 rings (SSSR count). The van der Waals surface area contributed by atoms with Crippen LogP contribution in [0.3, 0.4) is 0 Å². The van der Waals surface area contributed by atoms with Gasteiger partial charge in [-0.1, -0.05) is 122 Å². The number of aromatic nitrogens is 2. The maximum atomic E-state index is 4.90. The highest BCUT2D eigenvalue weighted by atomic mass is 15.1. The van der Waals surface area contributed by atoms with Crippen molar-refractivity contribution in [2.75, 3.05) is 0 Å². The number of rotatable bonds is 5. The molecule has 0 spiro atoms. The normalized spacial score (nSPS) is 13.2. The second-order valence-corrected chi connectivity index (χ2v) is 11.3. The first-order valence-electron chi connectivity index (χ1n) is 15.3. The van der Waals surface area contributed by atoms with Gasteiger partial charge in [0.2, 0.25) is 0 Å². The molecule has 1 aliphatic rings. The summed E-state index contributed by atoms with van der Waals surface area (Å²) in [4.78, 5) is 4.90. The molecule has 0 unspecified atom stereocenters. The van der Waals surface area contributed by atoms with E-state index in [1.165, 1.54) is 54.9 Å². The maximum absolute atomic E-state index is 4.90. The van der Waals surface area contributed by atoms with Gasteiger partial charge >= 0.3 is 0 Å². The zero-order chi connectivity index (χ0) is 28.8. The van der Waals surface area contributed by atoms with Gasteiger partial charge in [0.25, 0.3) is 0 Å². The summed E-state index contributed by atoms with van der Waals surface area (Å²) < 4.78 is 2.29. The molecule has 0 amide bonds. The lowest BCUT2D eigenvalue weighted by Gasteiger charge is -2.18. The van der Waals surface area contributed by atoms with Gasteiger partial charge in [-0.05, 0) is 92.0 Å². The Hall–Kier alpha value is -5.21. The number of para-hydroxylation sites is 2. The summed E-state index contributed by atoms with van der Waals surface area (Å²) in [7, 11) is 0. The van der Waals surface area contributed by atoms with E-state index in [2.05, 4.69) is 151 Å². The molecule has 0 radical (unpaired) electrons. The molecule has 2 heteroatoms. The Kier molecular flexibility index (Phi) is 6.26. The van der Waals surface area contributed by atoms with Crippen LogP contribution in [0, 0.1) is 0 Å². The van der Waals surface area contributed by atoms with Gasteiger partial charge in [0.15, 0.2) is 0 Å². The number of benzene rings is 6. The molecule has 0 bridgehead atoms. The molecule has 1 heterocycles. The number of aryl methyl sites for hydroxylation is 1. The van der Waals surface area contributed by atoms with Gasteiger partial charge < -0.3 is 0 Å². The van der Waals surface area contributed by atoms with E-state index in [0.29, 0.717) is 0 Å². The smallest absolute Gasteiger partial charge is 0.114 e. The Labute approximate surface area is 252 Å². The zero-order valence-electron chi connectivity index (χ0n) is 24.3. The highest BCUT2D eigenvalue weighted by Crippen LogP contribution is 2.44. The van der Waals surface area contributed by atoms with Gasteiger partial charge in [0.1, 0.15) is 5.82 Å². The molecular formula is C41H32N2. The molecule has 1 aliphatic carbocycles. The molecule has 0 saturated carbocycles. The maximum Gasteiger partial charge on any atom is 0.114 e. The highest BCUT2D eigenvalue weighted by molar-refractivity contribution is 6.21. The number of hydrogen-bond donors (Lipinski definition) is 0. The van der Waals surface area contributed by atoms with Crippen molar-refractivity contribution in [3.05, 3.63) is 151 Å². The summed E-state index contributed by atoms with van der Waals surface area (Å²) in [5.74, 6) is 1.08. The lowest BCUT2D eigenvalue weighted by Crippen LogP contribution is -2.00. The summed E-state index contributed by atoms with van der Waals surface area (Å²) >= 11 is 0. The van der Waals surface area contributed by atoms with Crippen LogP contribution in [-0.4, -0.2) is 9.55 Å². The highest BCUT2D eigenvalue weighted by Gasteiger charge is 2.17. The van der Waals surface area contributed by atoms with Crippen molar-refractivity contribution in [1.82, 2.24) is 9.55 Å². The van der Waals surface area contributed by atoms with Crippen molar-refractivity contribution in [1.29, 1.82) is 0 Å². The van der Waals surface area contributed by atoms with Crippen molar-refractivity contribution >= 4 is 38.2 Å². The van der Waals surface area contributed by atoms with Crippen LogP contribution in [0.25, 0.3) is 66.1 Å². The predicted octanol–water partition coefficient (Wildman–Crippen LogP) is 11.0. The molecule has 0 fully saturated rings. The number of imidazole rings is 1. The Morgan fingerprint density at radius 2 is 1.14 bits per heavy atom. The molecular weight excluding hydrogens is 520 g/mol. The van der Waals surface area contributed by atoms with Crippen LogP contribution in [0.4, 0.5) is 0 Å². The number of allylic oxidation sites excluding steroid dienone is 4. The van der Waals surface area contributed by atoms with Gasteiger partial charge in [-0.25, -0.2) is 4.98 Å². The minimum atomic E-state index is 0.878. The minimum Gasteiger partial charge on any atom is -0.296 e. The van der Waals surface area contributed by atoms with Gasteiger partial charge in [-0.15, -0.1) is 0 Å². The molecule has 0 aliphatic heterocycles. The largest absolute Gasteiger partial charge is 0.296 e. The Morgan fingerprint density at radius 3 is 1.70 bits per heavy atom. The van der Waals surface area contributed by atoms with Gasteiger partial charge in [-0.2, -0.15) is 0 Å². The summed E-state index contributed by atoms with van der Waals surface area (Å²) in [6.07, 6.45) is 9.77. The van der Waals surface area contributed by atoms with Crippen LogP contribution in [0.2, 0.25) is 0 Å². The summed E-state index contributed by atoms with van der Waals surface area (Å²) in [6.45, 7) is 2.17. The third kappa shape index (κ3) is 4.30. The van der Waals surface area contributed by atoms with Gasteiger partial charge in [0, 0.05) is 12.1 Å². The fourth-order valence-electron chi connectivity index (χ4n) is 6.82. The molecule has 0 saturated heterocycles. The molecule has 0 atom stereocenters. The lowest BCUT2D eigenvalue weighted by atomic mass is 9.85. The molecule has 43 heavy (non-hydrogen) atoms. The van der Waals surface area contributed by atoms with E-state index in [1.807, 2.05) is 0 Å². The van der Waals surface area contributed by atoms with E-state index >= 15 is 0 Å². The summed E-state index contributed by atoms with van der Waals surface area (Å²) in [5, 5.41) is 5.11. The van der Waals surface area contributed by atoms with Crippen molar-refractivity contribution in [2.45, 2.75) is 26.2 Å². The number of hydrogen-bond acceptors (Lipinski definition) is 1. The van der Waals surface area contributed by atoms with Crippen LogP contribution >= 0.6 is 0 Å². The van der Waals surface area contributed by atoms with Crippen molar-refractivity contribution < 1.29 is 0 Å². The first-order chi connectivity index (χ1) is 21.3. The van der Waals surface area contributed by atoms with Crippen molar-refractivity contribution in [2.24, 2.45) is 0 Å². The van der Waals surface area contributed by atoms with Crippen molar-refractivity contribution in [3.63, 3.8) is 0 Å². The second-order valence-electron chi connectivity index (χ2n) is 11.3. The van der Waals surface area contributed by atoms with E-state index in [0.717, 1.165) is 41.8 Å². The summed E-state index contributed by atoms with van der Waals surface area (Å²) in [6, 6.07) is 44.4. The predicted molar refractivity (Wildman–Crippen MR) is 183 cm³/mol. The van der Waals surface area contributed by atoms with Crippen LogP contribution in [0.1, 0.15) is 31.2 Å². The third-order valence-electron chi connectivity index (χ3n) is 8.85. The first-order valence-corrected chi connectivity index (χ1v) is 15.3. The standard InChI is InChI=1S/C41H32N2/c1-2-39-42-37-18-10-11-19-38(37)43(39)32-26-24-31(25-27-32)41-35-16-8-6-14-33(35)40(34-15-7-9-17-36(34)41)30-22-20-29(21-23-30)28-12-4-3-5-13-28/h3-4,6-12,14-27H,2,5,13H2,1H3. The molecule has 206 valence electrons. The van der Waals surface area contributed by atoms with Crippen LogP contribution in [-0.2, 0) is 6.42 Å². The van der Waals surface area contributed by atoms with E-state index in [1.54, 1.807) is 0 Å². The molecule has 2 nitrogen and oxygen atoms in total. The lowest BCUT2D eigenvalue weighted by molar-refractivity contribution is 0.908. The Morgan fingerprint density at radius 1 is 0.605 bits per heavy atom. The number of fused-ring (bicyclic) bond motifs is 3. The Balaban J connectivity index is 1.29. The summed E-state index contributed by atoms with van der Waals surface area (Å²) in [5.41, 5.74) is 11.1. The zero-order valence-corrected chi connectivity index (χ0v) is 24.3. The fraction of sp³-hybridized carbons (Fsp3) is 0.0976. The monoisotopic (exact) mass is 552 g/mol. The Bertz CT molecular complexity index is 2140. The molecule has 0 N–H and O–H groups in total. The van der Waals surface area contributed by atoms with Crippen LogP contribution in [0.5, 0.6) is 0 Å². The van der Waals surface area contributed by atoms with Crippen molar-refractivity contribution in [3.8, 4) is 27.9 Å². The topological polar surface area (TPSA) is 17.8 Å². The minimum absolute atomic E-state index is 0.878. The van der Waals surface area contributed by atoms with E-state index < -0.39 is 0 Å². The fourth-order valence-corrected chi connectivity index (χ4v) is 6.82. The van der Waals surface area contributed by atoms with Crippen LogP contribution < -0.4 is 0 Å². The average molecular weight is 553 g/mol. The SMILES string of the molecule is CCc1nc2ccccc2n1-c1ccc(-c2c3ccccc3c(-c3ccc(C4=CC=CCC4)cc3)c3ccccc23)cc1. The van der Waals surface area contributed by atoms with Crippen LogP contribution in [0.15, 0.2) is 140 Å². The molecule has 6 aromatic carbocycles. The van der Waals surface area contributed by atoms with Gasteiger partial charge in [-0.3, -0.25) is 4.57 Å². The average Bonchev–Trinajstić information content (AvgIpc) is 3.47. The van der Waals surface area contributed by atoms with Gasteiger partial charge in [0.05, 0.1) is 11.0 Å². The first kappa shape index (κ1) is 25.5. The molecule has 7 aromatic rings. The van der Waals surface area contributed by atoms with E-state index in [-0.39, 0.29) is 0 Å². The molecule has 1 aromatic heterocycles. The quantitative estimate of drug-likeness (QED) is 0.194. The number of nitrogens with zero attached hydrogens (tertiary/aromatic N) is 2. The van der Waals surface area contributed by atoms with E-state index in [9.17, 15) is 0 Å². The van der Waals surface area contributed by atoms with E-state index in [4.69, 9.17) is 4.98 Å². The third-order valence-corrected chi connectivity index (χ3v) is 8.85. The second kappa shape index (κ2) is 10.6.